The summed E-state index contributed by atoms with van der Waals surface area (Å²) in [6.07, 6.45) is 2.43. The molecule has 0 aromatic heterocycles. The van der Waals surface area contributed by atoms with Crippen LogP contribution >= 0.6 is 0 Å². The topological polar surface area (TPSA) is 124 Å². The third kappa shape index (κ3) is 4.37. The first kappa shape index (κ1) is 16.2. The van der Waals surface area contributed by atoms with Gasteiger partial charge in [0.2, 0.25) is 5.91 Å². The summed E-state index contributed by atoms with van der Waals surface area (Å²) >= 11 is 0. The average Bonchev–Trinajstić information content (AvgIpc) is 2.35. The number of carboxylic acid groups (broad SMARTS) is 1. The number of hydrogen-bond acceptors (Lipinski definition) is 4. The van der Waals surface area contributed by atoms with Gasteiger partial charge in [0.15, 0.2) is 0 Å². The standard InChI is InChI=1S/C12H21N3O5/c1-14(8-4-2-3-5-9(8)16)12(20)15(6-10(13)17)7-11(18)19/h8-9,16H,2-7H2,1H3,(H2,13,17)(H,18,19). The molecular formula is C12H21N3O5. The number of urea groups is 1. The molecule has 1 aliphatic rings. The molecule has 4 N–H and O–H groups in total. The SMILES string of the molecule is CN(C(=O)N(CC(N)=O)CC(=O)O)C1CCCCC1O. The average molecular weight is 287 g/mol. The minimum absolute atomic E-state index is 0.361. The maximum atomic E-state index is 12.2. The molecule has 8 heteroatoms. The molecule has 0 bridgehead atoms. The van der Waals surface area contributed by atoms with E-state index < -0.39 is 37.1 Å². The molecule has 1 fully saturated rings. The molecule has 1 saturated carbocycles. The van der Waals surface area contributed by atoms with Crippen LogP contribution < -0.4 is 5.73 Å². The third-order valence-corrected chi connectivity index (χ3v) is 3.44. The predicted molar refractivity (Wildman–Crippen MR) is 69.8 cm³/mol. The molecule has 0 spiro atoms. The molecule has 8 nitrogen and oxygen atoms in total. The summed E-state index contributed by atoms with van der Waals surface area (Å²) in [6.45, 7) is -1.06. The van der Waals surface area contributed by atoms with Crippen molar-refractivity contribution in [1.29, 1.82) is 0 Å². The molecule has 0 aromatic rings. The van der Waals surface area contributed by atoms with Gasteiger partial charge >= 0.3 is 12.0 Å². The number of nitrogens with zero attached hydrogens (tertiary/aromatic N) is 2. The zero-order valence-corrected chi connectivity index (χ0v) is 11.5. The number of carbonyl (C=O) groups is 3. The van der Waals surface area contributed by atoms with Gasteiger partial charge in [-0.2, -0.15) is 0 Å². The summed E-state index contributed by atoms with van der Waals surface area (Å²) in [7, 11) is 1.50. The summed E-state index contributed by atoms with van der Waals surface area (Å²) in [5.74, 6) is -2.01. The van der Waals surface area contributed by atoms with E-state index in [4.69, 9.17) is 10.8 Å². The van der Waals surface area contributed by atoms with Crippen molar-refractivity contribution in [2.24, 2.45) is 5.73 Å². The van der Waals surface area contributed by atoms with Crippen LogP contribution in [-0.2, 0) is 9.59 Å². The fourth-order valence-corrected chi connectivity index (χ4v) is 2.45. The zero-order valence-electron chi connectivity index (χ0n) is 11.5. The molecule has 0 heterocycles. The van der Waals surface area contributed by atoms with Crippen molar-refractivity contribution in [2.75, 3.05) is 20.1 Å². The molecule has 3 amide bonds. The van der Waals surface area contributed by atoms with Gasteiger partial charge in [0.1, 0.15) is 13.1 Å². The van der Waals surface area contributed by atoms with Gasteiger partial charge in [-0.15, -0.1) is 0 Å². The Kier molecular flexibility index (Phi) is 5.75. The summed E-state index contributed by atoms with van der Waals surface area (Å²) in [5.41, 5.74) is 5.02. The number of likely N-dealkylation sites (N-methyl/N-ethyl adjacent to an activating group) is 1. The third-order valence-electron chi connectivity index (χ3n) is 3.44. The Morgan fingerprint density at radius 3 is 2.30 bits per heavy atom. The Labute approximate surface area is 117 Å². The van der Waals surface area contributed by atoms with Crippen LogP contribution in [-0.4, -0.2) is 70.2 Å². The highest BCUT2D eigenvalue weighted by atomic mass is 16.4. The molecule has 0 saturated heterocycles. The number of rotatable bonds is 5. The van der Waals surface area contributed by atoms with E-state index in [0.29, 0.717) is 12.8 Å². The van der Waals surface area contributed by atoms with Crippen LogP contribution in [0.25, 0.3) is 0 Å². The summed E-state index contributed by atoms with van der Waals surface area (Å²) in [5, 5.41) is 18.7. The number of hydrogen-bond donors (Lipinski definition) is 3. The van der Waals surface area contributed by atoms with Gasteiger partial charge in [-0.25, -0.2) is 4.79 Å². The van der Waals surface area contributed by atoms with Crippen molar-refractivity contribution in [2.45, 2.75) is 37.8 Å². The quantitative estimate of drug-likeness (QED) is 0.611. The number of primary amides is 1. The van der Waals surface area contributed by atoms with Crippen molar-refractivity contribution < 1.29 is 24.6 Å². The van der Waals surface area contributed by atoms with Crippen LogP contribution in [0, 0.1) is 0 Å². The van der Waals surface area contributed by atoms with Crippen molar-refractivity contribution >= 4 is 17.9 Å². The number of aliphatic hydroxyl groups is 1. The Balaban J connectivity index is 2.75. The lowest BCUT2D eigenvalue weighted by Crippen LogP contribution is -2.53. The summed E-state index contributed by atoms with van der Waals surface area (Å²) < 4.78 is 0. The largest absolute Gasteiger partial charge is 0.480 e. The van der Waals surface area contributed by atoms with Gasteiger partial charge in [0.05, 0.1) is 12.1 Å². The lowest BCUT2D eigenvalue weighted by atomic mass is 9.92. The van der Waals surface area contributed by atoms with Crippen LogP contribution in [0.4, 0.5) is 4.79 Å². The highest BCUT2D eigenvalue weighted by Crippen LogP contribution is 2.23. The molecule has 1 aliphatic carbocycles. The van der Waals surface area contributed by atoms with E-state index in [1.807, 2.05) is 0 Å². The molecule has 114 valence electrons. The molecule has 0 radical (unpaired) electrons. The number of aliphatic carboxylic acids is 1. The lowest BCUT2D eigenvalue weighted by Gasteiger charge is -2.37. The van der Waals surface area contributed by atoms with Gasteiger partial charge in [-0.3, -0.25) is 9.59 Å². The molecule has 1 rings (SSSR count). The van der Waals surface area contributed by atoms with E-state index in [2.05, 4.69) is 0 Å². The van der Waals surface area contributed by atoms with Crippen molar-refractivity contribution in [1.82, 2.24) is 9.80 Å². The van der Waals surface area contributed by atoms with Crippen LogP contribution in [0.1, 0.15) is 25.7 Å². The van der Waals surface area contributed by atoms with Crippen molar-refractivity contribution in [3.8, 4) is 0 Å². The monoisotopic (exact) mass is 287 g/mol. The van der Waals surface area contributed by atoms with Crippen molar-refractivity contribution in [3.63, 3.8) is 0 Å². The first-order chi connectivity index (χ1) is 9.32. The highest BCUT2D eigenvalue weighted by Gasteiger charge is 2.32. The van der Waals surface area contributed by atoms with Gasteiger partial charge < -0.3 is 25.7 Å². The normalized spacial score (nSPS) is 22.1. The fraction of sp³-hybridized carbons (Fsp3) is 0.750. The zero-order chi connectivity index (χ0) is 15.3. The number of amides is 3. The molecular weight excluding hydrogens is 266 g/mol. The van der Waals surface area contributed by atoms with E-state index >= 15 is 0 Å². The van der Waals surface area contributed by atoms with E-state index in [-0.39, 0.29) is 6.04 Å². The second-order valence-electron chi connectivity index (χ2n) is 5.03. The Morgan fingerprint density at radius 2 is 1.80 bits per heavy atom. The van der Waals surface area contributed by atoms with Gasteiger partial charge in [0, 0.05) is 7.05 Å². The van der Waals surface area contributed by atoms with Gasteiger partial charge in [-0.1, -0.05) is 12.8 Å². The van der Waals surface area contributed by atoms with E-state index in [0.717, 1.165) is 17.7 Å². The van der Waals surface area contributed by atoms with E-state index in [1.165, 1.54) is 11.9 Å². The predicted octanol–water partition coefficient (Wildman–Crippen LogP) is -0.786. The molecule has 2 unspecified atom stereocenters. The summed E-state index contributed by atoms with van der Waals surface area (Å²) in [4.78, 5) is 36.1. The summed E-state index contributed by atoms with van der Waals surface area (Å²) in [6, 6.07) is -0.974. The van der Waals surface area contributed by atoms with Gasteiger partial charge in [-0.05, 0) is 12.8 Å². The lowest BCUT2D eigenvalue weighted by molar-refractivity contribution is -0.138. The van der Waals surface area contributed by atoms with Crippen LogP contribution in [0.5, 0.6) is 0 Å². The van der Waals surface area contributed by atoms with Crippen molar-refractivity contribution in [3.05, 3.63) is 0 Å². The molecule has 20 heavy (non-hydrogen) atoms. The molecule has 0 aromatic carbocycles. The first-order valence-electron chi connectivity index (χ1n) is 6.52. The van der Waals surface area contributed by atoms with Gasteiger partial charge in [0.25, 0.3) is 0 Å². The fourth-order valence-electron chi connectivity index (χ4n) is 2.45. The minimum atomic E-state index is -1.22. The number of nitrogens with two attached hydrogens (primary N) is 1. The Hall–Kier alpha value is -1.83. The highest BCUT2D eigenvalue weighted by molar-refractivity contribution is 5.86. The van der Waals surface area contributed by atoms with Crippen LogP contribution in [0.3, 0.4) is 0 Å². The number of aliphatic hydroxyl groups excluding tert-OH is 1. The Bertz CT molecular complexity index is 371. The second-order valence-corrected chi connectivity index (χ2v) is 5.03. The maximum absolute atomic E-state index is 12.2. The van der Waals surface area contributed by atoms with E-state index in [1.54, 1.807) is 0 Å². The smallest absolute Gasteiger partial charge is 0.323 e. The number of carboxylic acids is 1. The second kappa shape index (κ2) is 7.09. The first-order valence-corrected chi connectivity index (χ1v) is 6.52. The number of carbonyl (C=O) groups excluding carboxylic acids is 2. The van der Waals surface area contributed by atoms with E-state index in [9.17, 15) is 19.5 Å². The maximum Gasteiger partial charge on any atom is 0.323 e. The molecule has 2 atom stereocenters. The minimum Gasteiger partial charge on any atom is -0.480 e. The molecule has 0 aliphatic heterocycles. The van der Waals surface area contributed by atoms with Crippen LogP contribution in [0.2, 0.25) is 0 Å². The van der Waals surface area contributed by atoms with Crippen LogP contribution in [0.15, 0.2) is 0 Å². The Morgan fingerprint density at radius 1 is 1.20 bits per heavy atom.